The number of nitrogens with zero attached hydrogens (tertiary/aromatic N) is 4. The average Bonchev–Trinajstić information content (AvgIpc) is 2.86. The third kappa shape index (κ3) is 6.10. The zero-order valence-corrected chi connectivity index (χ0v) is 19.9. The molecule has 4 atom stereocenters. The van der Waals surface area contributed by atoms with Gasteiger partial charge in [-0.3, -0.25) is 25.1 Å². The summed E-state index contributed by atoms with van der Waals surface area (Å²) in [7, 11) is 0. The zero-order valence-electron chi connectivity index (χ0n) is 18.3. The molecule has 2 unspecified atom stereocenters. The Morgan fingerprint density at radius 3 is 1.69 bits per heavy atom. The van der Waals surface area contributed by atoms with Crippen molar-refractivity contribution < 1.29 is 30.3 Å². The summed E-state index contributed by atoms with van der Waals surface area (Å²) in [6.45, 7) is -0.855. The highest BCUT2D eigenvalue weighted by Gasteiger charge is 2.37. The highest BCUT2D eigenvalue weighted by molar-refractivity contribution is 8.22. The fraction of sp³-hybridized carbons (Fsp3) is 0.381. The molecular weight excluding hydrogens is 500 g/mol. The summed E-state index contributed by atoms with van der Waals surface area (Å²) in [6, 6.07) is 8.98. The van der Waals surface area contributed by atoms with Gasteiger partial charge in [0.25, 0.3) is 11.4 Å². The van der Waals surface area contributed by atoms with E-state index in [2.05, 4.69) is 0 Å². The van der Waals surface area contributed by atoms with E-state index in [0.29, 0.717) is 21.3 Å². The predicted molar refractivity (Wildman–Crippen MR) is 131 cm³/mol. The lowest BCUT2D eigenvalue weighted by molar-refractivity contribution is -0.385. The number of rotatable bonds is 10. The van der Waals surface area contributed by atoms with Crippen molar-refractivity contribution in [2.24, 2.45) is 0 Å². The Balaban J connectivity index is 1.78. The van der Waals surface area contributed by atoms with Crippen LogP contribution in [0.4, 0.5) is 11.4 Å². The van der Waals surface area contributed by atoms with Crippen LogP contribution in [0.15, 0.2) is 48.5 Å². The minimum atomic E-state index is -1.23. The monoisotopic (exact) mass is 524 g/mol. The van der Waals surface area contributed by atoms with Crippen molar-refractivity contribution in [1.29, 1.82) is 0 Å². The summed E-state index contributed by atoms with van der Waals surface area (Å²) in [5.41, 5.74) is 0.466. The Labute approximate surface area is 209 Å². The molecule has 0 radical (unpaired) electrons. The van der Waals surface area contributed by atoms with Crippen molar-refractivity contribution in [3.05, 3.63) is 79.9 Å². The molecule has 188 valence electrons. The molecular formula is C21H24N4O8S2. The third-order valence-electron chi connectivity index (χ3n) is 5.79. The van der Waals surface area contributed by atoms with Crippen molar-refractivity contribution in [2.45, 2.75) is 24.3 Å². The van der Waals surface area contributed by atoms with Gasteiger partial charge in [-0.25, -0.2) is 0 Å². The van der Waals surface area contributed by atoms with Gasteiger partial charge in [0.05, 0.1) is 53.8 Å². The summed E-state index contributed by atoms with van der Waals surface area (Å²) in [4.78, 5) is 24.0. The van der Waals surface area contributed by atoms with Gasteiger partial charge in [-0.15, -0.1) is 0 Å². The number of aliphatic hydroxyl groups is 4. The molecule has 14 heteroatoms. The Morgan fingerprint density at radius 1 is 0.857 bits per heavy atom. The molecule has 0 amide bonds. The molecule has 4 N–H and O–H groups in total. The van der Waals surface area contributed by atoms with Crippen molar-refractivity contribution in [3.63, 3.8) is 0 Å². The maximum absolute atomic E-state index is 10.9. The highest BCUT2D eigenvalue weighted by atomic mass is 32.2. The molecule has 12 nitrogen and oxygen atoms in total. The largest absolute Gasteiger partial charge is 0.395 e. The number of nitro benzene ring substituents is 2. The maximum Gasteiger partial charge on any atom is 0.269 e. The van der Waals surface area contributed by atoms with E-state index in [1.807, 2.05) is 0 Å². The molecule has 3 rings (SSSR count). The molecule has 0 aromatic heterocycles. The Kier molecular flexibility index (Phi) is 9.07. The van der Waals surface area contributed by atoms with Crippen LogP contribution in [0.2, 0.25) is 0 Å². The van der Waals surface area contributed by atoms with Crippen LogP contribution in [0.3, 0.4) is 0 Å². The van der Waals surface area contributed by atoms with Crippen molar-refractivity contribution in [2.75, 3.05) is 25.8 Å². The van der Waals surface area contributed by atoms with Gasteiger partial charge in [-0.1, -0.05) is 24.0 Å². The number of nitro groups is 2. The lowest BCUT2D eigenvalue weighted by Crippen LogP contribution is -2.56. The number of benzene rings is 2. The second-order valence-electron chi connectivity index (χ2n) is 7.83. The number of non-ortho nitro benzene ring substituents is 2. The van der Waals surface area contributed by atoms with Gasteiger partial charge in [-0.05, 0) is 35.4 Å². The molecule has 2 aromatic rings. The summed E-state index contributed by atoms with van der Waals surface area (Å²) < 4.78 is 0.391. The van der Waals surface area contributed by atoms with Crippen LogP contribution in [0.25, 0.3) is 0 Å². The van der Waals surface area contributed by atoms with Gasteiger partial charge < -0.3 is 25.3 Å². The smallest absolute Gasteiger partial charge is 0.269 e. The first-order valence-electron chi connectivity index (χ1n) is 10.4. The Morgan fingerprint density at radius 2 is 1.29 bits per heavy atom. The minimum absolute atomic E-state index is 0.0658. The van der Waals surface area contributed by atoms with E-state index in [1.54, 1.807) is 9.80 Å². The molecule has 0 bridgehead atoms. The van der Waals surface area contributed by atoms with E-state index in [0.717, 1.165) is 0 Å². The molecule has 2 aromatic carbocycles. The van der Waals surface area contributed by atoms with E-state index < -0.39 is 47.4 Å². The minimum Gasteiger partial charge on any atom is -0.395 e. The standard InChI is InChI=1S/C21H24N4O8S2/c26-9-17(19(28)13-1-5-15(6-2-13)24(30)31)22-11-23(21(34)35-12-22)18(10-27)20(29)14-3-7-16(8-4-14)25(32)33/h1-8,17-20,26-29H,9-12H2/t17?,18?,19-,20-/m1/s1. The topological polar surface area (TPSA) is 174 Å². The van der Waals surface area contributed by atoms with Gasteiger partial charge in [0.1, 0.15) is 10.4 Å². The Hall–Kier alpha value is -2.72. The van der Waals surface area contributed by atoms with Gasteiger partial charge in [-0.2, -0.15) is 0 Å². The highest BCUT2D eigenvalue weighted by Crippen LogP contribution is 2.32. The zero-order chi connectivity index (χ0) is 25.7. The van der Waals surface area contributed by atoms with Gasteiger partial charge in [0, 0.05) is 24.3 Å². The third-order valence-corrected chi connectivity index (χ3v) is 7.32. The molecule has 1 aliphatic heterocycles. The molecule has 1 saturated heterocycles. The second kappa shape index (κ2) is 11.8. The summed E-state index contributed by atoms with van der Waals surface area (Å²) in [5.74, 6) is 0.316. The normalized spacial score (nSPS) is 18.1. The fourth-order valence-corrected chi connectivity index (χ4v) is 5.03. The van der Waals surface area contributed by atoms with E-state index in [-0.39, 0.29) is 18.0 Å². The van der Waals surface area contributed by atoms with Gasteiger partial charge in [0.15, 0.2) is 0 Å². The number of aliphatic hydroxyl groups excluding tert-OH is 4. The summed E-state index contributed by atoms with van der Waals surface area (Å²) in [6.07, 6.45) is -2.41. The summed E-state index contributed by atoms with van der Waals surface area (Å²) >= 11 is 6.65. The average molecular weight is 525 g/mol. The van der Waals surface area contributed by atoms with E-state index >= 15 is 0 Å². The first kappa shape index (κ1) is 26.9. The number of hydrogen-bond acceptors (Lipinski definition) is 11. The fourth-order valence-electron chi connectivity index (χ4n) is 3.77. The molecule has 35 heavy (non-hydrogen) atoms. The molecule has 1 heterocycles. The number of hydrogen-bond donors (Lipinski definition) is 4. The number of thiocarbonyl (C=S) groups is 1. The Bertz CT molecular complexity index is 1060. The molecule has 0 spiro atoms. The lowest BCUT2D eigenvalue weighted by Gasteiger charge is -2.45. The van der Waals surface area contributed by atoms with Crippen LogP contribution in [-0.2, 0) is 0 Å². The molecule has 0 saturated carbocycles. The quantitative estimate of drug-likeness (QED) is 0.201. The van der Waals surface area contributed by atoms with Crippen LogP contribution in [0.5, 0.6) is 0 Å². The molecule has 1 aliphatic rings. The maximum atomic E-state index is 10.9. The van der Waals surface area contributed by atoms with Gasteiger partial charge in [0.2, 0.25) is 0 Å². The van der Waals surface area contributed by atoms with Crippen molar-refractivity contribution in [1.82, 2.24) is 9.80 Å². The van der Waals surface area contributed by atoms with E-state index in [9.17, 15) is 40.7 Å². The van der Waals surface area contributed by atoms with Crippen molar-refractivity contribution in [3.8, 4) is 0 Å². The first-order chi connectivity index (χ1) is 16.7. The van der Waals surface area contributed by atoms with Crippen LogP contribution < -0.4 is 0 Å². The van der Waals surface area contributed by atoms with Gasteiger partial charge >= 0.3 is 0 Å². The van der Waals surface area contributed by atoms with Crippen LogP contribution >= 0.6 is 24.0 Å². The summed E-state index contributed by atoms with van der Waals surface area (Å²) in [5, 5.41) is 63.7. The first-order valence-corrected chi connectivity index (χ1v) is 11.8. The predicted octanol–water partition coefficient (Wildman–Crippen LogP) is 1.54. The van der Waals surface area contributed by atoms with Crippen molar-refractivity contribution >= 4 is 39.7 Å². The molecule has 0 aliphatic carbocycles. The van der Waals surface area contributed by atoms with E-state index in [4.69, 9.17) is 12.2 Å². The molecule has 1 fully saturated rings. The second-order valence-corrected chi connectivity index (χ2v) is 9.40. The lowest BCUT2D eigenvalue weighted by atomic mass is 10.0. The van der Waals surface area contributed by atoms with Crippen LogP contribution in [0, 0.1) is 20.2 Å². The number of thioether (sulfide) groups is 1. The van der Waals surface area contributed by atoms with E-state index in [1.165, 1.54) is 60.3 Å². The SMILES string of the molecule is O=[N+]([O-])c1ccc([C@@H](O)C(CO)N2CSC(=S)N(C(CO)[C@H](O)c3ccc([N+](=O)[O-])cc3)C2)cc1. The van der Waals surface area contributed by atoms with Crippen LogP contribution in [-0.4, -0.2) is 82.2 Å². The van der Waals surface area contributed by atoms with Crippen LogP contribution in [0.1, 0.15) is 23.3 Å².